The van der Waals surface area contributed by atoms with Gasteiger partial charge in [0.25, 0.3) is 0 Å². The third-order valence-corrected chi connectivity index (χ3v) is 4.96. The standard InChI is InChI=1S/C14H21ClN2O4S.ClH/c1-3-4-5-11(9-16)17-22(19,20)13-7-6-10(15)8-12(13)14(18)21-2;/h6-8,11,17H,3-5,9,16H2,1-2H3;1H. The Balaban J connectivity index is 0.00000484. The smallest absolute Gasteiger partial charge is 0.339 e. The highest BCUT2D eigenvalue weighted by atomic mass is 35.5. The maximum atomic E-state index is 12.5. The minimum absolute atomic E-state index is 0. The van der Waals surface area contributed by atoms with Gasteiger partial charge < -0.3 is 10.5 Å². The Morgan fingerprint density at radius 2 is 2.09 bits per heavy atom. The molecule has 6 nitrogen and oxygen atoms in total. The molecule has 9 heteroatoms. The molecule has 0 aliphatic carbocycles. The molecule has 3 N–H and O–H groups in total. The lowest BCUT2D eigenvalue weighted by molar-refractivity contribution is 0.0596. The van der Waals surface area contributed by atoms with Gasteiger partial charge in [0.05, 0.1) is 17.6 Å². The normalized spacial score (nSPS) is 12.3. The molecular weight excluding hydrogens is 363 g/mol. The molecule has 0 aliphatic heterocycles. The summed E-state index contributed by atoms with van der Waals surface area (Å²) in [4.78, 5) is 11.6. The van der Waals surface area contributed by atoms with Crippen LogP contribution in [0.4, 0.5) is 0 Å². The zero-order valence-electron chi connectivity index (χ0n) is 13.0. The van der Waals surface area contributed by atoms with E-state index in [1.54, 1.807) is 0 Å². The molecule has 1 aromatic carbocycles. The van der Waals surface area contributed by atoms with Crippen molar-refractivity contribution in [2.24, 2.45) is 5.73 Å². The number of unbranched alkanes of at least 4 members (excludes halogenated alkanes) is 1. The zero-order valence-corrected chi connectivity index (χ0v) is 15.4. The van der Waals surface area contributed by atoms with Gasteiger partial charge in [-0.15, -0.1) is 12.4 Å². The second-order valence-electron chi connectivity index (χ2n) is 4.83. The number of hydrogen-bond acceptors (Lipinski definition) is 5. The Morgan fingerprint density at radius 1 is 1.43 bits per heavy atom. The third-order valence-electron chi connectivity index (χ3n) is 3.15. The van der Waals surface area contributed by atoms with Crippen LogP contribution in [0.15, 0.2) is 23.1 Å². The van der Waals surface area contributed by atoms with Crippen molar-refractivity contribution in [3.63, 3.8) is 0 Å². The maximum Gasteiger partial charge on any atom is 0.339 e. The number of nitrogens with two attached hydrogens (primary N) is 1. The van der Waals surface area contributed by atoms with Gasteiger partial charge >= 0.3 is 5.97 Å². The molecule has 1 unspecified atom stereocenters. The first-order valence-electron chi connectivity index (χ1n) is 6.96. The highest BCUT2D eigenvalue weighted by Crippen LogP contribution is 2.22. The quantitative estimate of drug-likeness (QED) is 0.670. The molecule has 0 spiro atoms. The summed E-state index contributed by atoms with van der Waals surface area (Å²) < 4.78 is 32.1. The first-order valence-corrected chi connectivity index (χ1v) is 8.82. The minimum atomic E-state index is -3.89. The SMILES string of the molecule is CCCCC(CN)NS(=O)(=O)c1ccc(Cl)cc1C(=O)OC.Cl. The maximum absolute atomic E-state index is 12.5. The summed E-state index contributed by atoms with van der Waals surface area (Å²) in [6.07, 6.45) is 2.43. The molecule has 132 valence electrons. The van der Waals surface area contributed by atoms with Crippen molar-refractivity contribution in [2.75, 3.05) is 13.7 Å². The van der Waals surface area contributed by atoms with Crippen LogP contribution in [0.2, 0.25) is 5.02 Å². The Kier molecular flexibility index (Phi) is 9.72. The average molecular weight is 385 g/mol. The molecule has 0 heterocycles. The van der Waals surface area contributed by atoms with E-state index in [9.17, 15) is 13.2 Å². The lowest BCUT2D eigenvalue weighted by Gasteiger charge is -2.18. The number of nitrogens with one attached hydrogen (secondary N) is 1. The Morgan fingerprint density at radius 3 is 2.61 bits per heavy atom. The van der Waals surface area contributed by atoms with Crippen LogP contribution in [-0.4, -0.2) is 34.1 Å². The number of carbonyl (C=O) groups excluding carboxylic acids is 1. The van der Waals surface area contributed by atoms with Gasteiger partial charge in [-0.25, -0.2) is 17.9 Å². The van der Waals surface area contributed by atoms with E-state index in [-0.39, 0.29) is 40.5 Å². The highest BCUT2D eigenvalue weighted by molar-refractivity contribution is 7.89. The van der Waals surface area contributed by atoms with Crippen LogP contribution in [0.5, 0.6) is 0 Å². The molecule has 23 heavy (non-hydrogen) atoms. The Hall–Kier alpha value is -0.860. The monoisotopic (exact) mass is 384 g/mol. The Bertz CT molecular complexity index is 623. The molecular formula is C14H22Cl2N2O4S. The van der Waals surface area contributed by atoms with Crippen molar-refractivity contribution in [3.8, 4) is 0 Å². The molecule has 0 saturated carbocycles. The fourth-order valence-electron chi connectivity index (χ4n) is 1.96. The van der Waals surface area contributed by atoms with Gasteiger partial charge in [-0.2, -0.15) is 0 Å². The second-order valence-corrected chi connectivity index (χ2v) is 6.95. The fourth-order valence-corrected chi connectivity index (χ4v) is 3.60. The van der Waals surface area contributed by atoms with E-state index in [1.807, 2.05) is 6.92 Å². The number of ether oxygens (including phenoxy) is 1. The number of esters is 1. The first-order chi connectivity index (χ1) is 10.4. The van der Waals surface area contributed by atoms with Gasteiger partial charge in [-0.3, -0.25) is 0 Å². The van der Waals surface area contributed by atoms with E-state index < -0.39 is 16.0 Å². The predicted octanol–water partition coefficient (Wildman–Crippen LogP) is 2.34. The molecule has 0 amide bonds. The number of sulfonamides is 1. The molecule has 1 atom stereocenters. The van der Waals surface area contributed by atoms with Gasteiger partial charge in [-0.05, 0) is 24.6 Å². The molecule has 0 aromatic heterocycles. The summed E-state index contributed by atoms with van der Waals surface area (Å²) in [5.74, 6) is -0.763. The molecule has 0 fully saturated rings. The Labute approximate surface area is 148 Å². The highest BCUT2D eigenvalue weighted by Gasteiger charge is 2.25. The fraction of sp³-hybridized carbons (Fsp3) is 0.500. The summed E-state index contributed by atoms with van der Waals surface area (Å²) in [6, 6.07) is 3.58. The van der Waals surface area contributed by atoms with E-state index in [2.05, 4.69) is 9.46 Å². The summed E-state index contributed by atoms with van der Waals surface area (Å²) in [5.41, 5.74) is 5.50. The number of benzene rings is 1. The van der Waals surface area contributed by atoms with Crippen LogP contribution in [0, 0.1) is 0 Å². The van der Waals surface area contributed by atoms with Crippen molar-refractivity contribution in [3.05, 3.63) is 28.8 Å². The summed E-state index contributed by atoms with van der Waals surface area (Å²) in [6.45, 7) is 2.19. The third kappa shape index (κ3) is 6.27. The number of hydrogen-bond donors (Lipinski definition) is 2. The van der Waals surface area contributed by atoms with Crippen LogP contribution in [0.25, 0.3) is 0 Å². The lowest BCUT2D eigenvalue weighted by Crippen LogP contribution is -2.40. The van der Waals surface area contributed by atoms with Gasteiger partial charge in [0.2, 0.25) is 10.0 Å². The topological polar surface area (TPSA) is 98.5 Å². The van der Waals surface area contributed by atoms with Gasteiger partial charge in [-0.1, -0.05) is 31.4 Å². The van der Waals surface area contributed by atoms with E-state index in [0.29, 0.717) is 6.42 Å². The predicted molar refractivity (Wildman–Crippen MR) is 92.7 cm³/mol. The minimum Gasteiger partial charge on any atom is -0.465 e. The molecule has 0 radical (unpaired) electrons. The van der Waals surface area contributed by atoms with Crippen LogP contribution < -0.4 is 10.5 Å². The van der Waals surface area contributed by atoms with Crippen LogP contribution >= 0.6 is 24.0 Å². The van der Waals surface area contributed by atoms with E-state index in [1.165, 1.54) is 25.3 Å². The van der Waals surface area contributed by atoms with Crippen molar-refractivity contribution in [2.45, 2.75) is 37.1 Å². The number of carbonyl (C=O) groups is 1. The average Bonchev–Trinajstić information content (AvgIpc) is 2.50. The van der Waals surface area contributed by atoms with E-state index in [4.69, 9.17) is 17.3 Å². The molecule has 0 aliphatic rings. The summed E-state index contributed by atoms with van der Waals surface area (Å²) >= 11 is 5.83. The lowest BCUT2D eigenvalue weighted by atomic mass is 10.1. The zero-order chi connectivity index (χ0) is 16.8. The molecule has 1 aromatic rings. The van der Waals surface area contributed by atoms with Gasteiger partial charge in [0.1, 0.15) is 0 Å². The second kappa shape index (κ2) is 10.1. The van der Waals surface area contributed by atoms with Gasteiger partial charge in [0.15, 0.2) is 0 Å². The van der Waals surface area contributed by atoms with Crippen LogP contribution in [-0.2, 0) is 14.8 Å². The van der Waals surface area contributed by atoms with Crippen molar-refractivity contribution in [1.82, 2.24) is 4.72 Å². The first kappa shape index (κ1) is 22.1. The summed E-state index contributed by atoms with van der Waals surface area (Å²) in [7, 11) is -2.72. The molecule has 0 bridgehead atoms. The number of methoxy groups -OCH3 is 1. The van der Waals surface area contributed by atoms with Crippen LogP contribution in [0.1, 0.15) is 36.5 Å². The summed E-state index contributed by atoms with van der Waals surface area (Å²) in [5, 5.41) is 0.251. The van der Waals surface area contributed by atoms with Crippen molar-refractivity contribution >= 4 is 40.0 Å². The van der Waals surface area contributed by atoms with Crippen molar-refractivity contribution in [1.29, 1.82) is 0 Å². The molecule has 0 saturated heterocycles. The van der Waals surface area contributed by atoms with E-state index >= 15 is 0 Å². The molecule has 1 rings (SSSR count). The largest absolute Gasteiger partial charge is 0.465 e. The van der Waals surface area contributed by atoms with E-state index in [0.717, 1.165) is 12.8 Å². The number of rotatable bonds is 8. The van der Waals surface area contributed by atoms with Gasteiger partial charge in [0, 0.05) is 17.6 Å². The van der Waals surface area contributed by atoms with Crippen molar-refractivity contribution < 1.29 is 17.9 Å². The number of halogens is 2. The van der Waals surface area contributed by atoms with Crippen LogP contribution in [0.3, 0.4) is 0 Å².